The molecule has 0 amide bonds. The Hall–Kier alpha value is 1.15. The SMILES string of the molecule is [Na+].[O-][Si](O)(O)O[Si](O)(O)O. The zero-order valence-electron chi connectivity index (χ0n) is 5.05. The van der Waals surface area contributed by atoms with Crippen molar-refractivity contribution >= 4 is 18.1 Å². The van der Waals surface area contributed by atoms with E-state index in [0.29, 0.717) is 0 Å². The van der Waals surface area contributed by atoms with Crippen molar-refractivity contribution in [3.05, 3.63) is 0 Å². The third-order valence-electron chi connectivity index (χ3n) is 0.270. The Morgan fingerprint density at radius 2 is 1.30 bits per heavy atom. The summed E-state index contributed by atoms with van der Waals surface area (Å²) in [5.74, 6) is 0. The second-order valence-electron chi connectivity index (χ2n) is 1.22. The standard InChI is InChI=1S/Na.H5O7Si2/c;1-8(2,3)7-9(4,5)6/h;1-5H/q+1;-1. The molecule has 0 fully saturated rings. The van der Waals surface area contributed by atoms with Crippen LogP contribution >= 0.6 is 0 Å². The summed E-state index contributed by atoms with van der Waals surface area (Å²) in [7, 11) is -10.3. The molecule has 0 aliphatic carbocycles. The van der Waals surface area contributed by atoms with Gasteiger partial charge in [-0.2, -0.15) is 0 Å². The van der Waals surface area contributed by atoms with Crippen molar-refractivity contribution in [3.63, 3.8) is 0 Å². The van der Waals surface area contributed by atoms with Gasteiger partial charge in [0.2, 0.25) is 0 Å². The summed E-state index contributed by atoms with van der Waals surface area (Å²) in [6.07, 6.45) is 0. The van der Waals surface area contributed by atoms with E-state index in [4.69, 9.17) is 24.0 Å². The summed E-state index contributed by atoms with van der Waals surface area (Å²) in [6.45, 7) is 0. The normalized spacial score (nSPS) is 12.6. The third-order valence-corrected chi connectivity index (χ3v) is 2.43. The summed E-state index contributed by atoms with van der Waals surface area (Å²) in [5.41, 5.74) is 0. The van der Waals surface area contributed by atoms with Gasteiger partial charge in [0.05, 0.1) is 0 Å². The monoisotopic (exact) mass is 196 g/mol. The van der Waals surface area contributed by atoms with Crippen LogP contribution in [0, 0.1) is 0 Å². The topological polar surface area (TPSA) is 133 Å². The molecule has 0 aliphatic heterocycles. The smallest absolute Gasteiger partial charge is 0.794 e. The minimum Gasteiger partial charge on any atom is -0.794 e. The molecule has 0 rings (SSSR count). The molecule has 5 N–H and O–H groups in total. The zero-order valence-corrected chi connectivity index (χ0v) is 9.05. The van der Waals surface area contributed by atoms with Gasteiger partial charge in [0, 0.05) is 0 Å². The fraction of sp³-hybridized carbons (Fsp3) is 0. The predicted octanol–water partition coefficient (Wildman–Crippen LogP) is -7.80. The molecular formula is H5NaO7Si2. The number of rotatable bonds is 2. The van der Waals surface area contributed by atoms with E-state index in [-0.39, 0.29) is 29.6 Å². The van der Waals surface area contributed by atoms with Crippen molar-refractivity contribution in [2.45, 2.75) is 0 Å². The molecule has 56 valence electrons. The molecule has 0 radical (unpaired) electrons. The van der Waals surface area contributed by atoms with Gasteiger partial charge in [-0.15, -0.1) is 0 Å². The average Bonchev–Trinajstić information content (AvgIpc) is 1.14. The Morgan fingerprint density at radius 1 is 1.00 bits per heavy atom. The van der Waals surface area contributed by atoms with Crippen molar-refractivity contribution < 1.29 is 62.4 Å². The first kappa shape index (κ1) is 13.7. The fourth-order valence-electron chi connectivity index (χ4n) is 0.178. The van der Waals surface area contributed by atoms with Crippen molar-refractivity contribution in [1.82, 2.24) is 0 Å². The first-order valence-electron chi connectivity index (χ1n) is 1.73. The van der Waals surface area contributed by atoms with Crippen LogP contribution in [0.25, 0.3) is 0 Å². The van der Waals surface area contributed by atoms with E-state index >= 15 is 0 Å². The van der Waals surface area contributed by atoms with Gasteiger partial charge in [0.15, 0.2) is 0 Å². The van der Waals surface area contributed by atoms with Crippen LogP contribution in [0.3, 0.4) is 0 Å². The molecule has 0 atom stereocenters. The van der Waals surface area contributed by atoms with Gasteiger partial charge >= 0.3 is 47.7 Å². The zero-order chi connectivity index (χ0) is 7.71. The van der Waals surface area contributed by atoms with Crippen molar-refractivity contribution in [3.8, 4) is 0 Å². The van der Waals surface area contributed by atoms with Crippen molar-refractivity contribution in [2.24, 2.45) is 0 Å². The Balaban J connectivity index is 0. The van der Waals surface area contributed by atoms with Crippen LogP contribution < -0.4 is 34.4 Å². The first-order valence-corrected chi connectivity index (χ1v) is 5.19. The van der Waals surface area contributed by atoms with Crippen LogP contribution in [0.4, 0.5) is 0 Å². The summed E-state index contributed by atoms with van der Waals surface area (Å²) >= 11 is 0. The Kier molecular flexibility index (Phi) is 5.83. The molecule has 0 spiro atoms. The Bertz CT molecular complexity index is 76.8. The molecule has 0 aromatic carbocycles. The number of hydrogen-bond donors (Lipinski definition) is 5. The Labute approximate surface area is 80.4 Å². The summed E-state index contributed by atoms with van der Waals surface area (Å²) in [5, 5.41) is 0. The maximum absolute atomic E-state index is 9.70. The molecule has 0 aromatic heterocycles. The molecule has 0 heterocycles. The van der Waals surface area contributed by atoms with Crippen LogP contribution in [0.1, 0.15) is 0 Å². The van der Waals surface area contributed by atoms with E-state index in [2.05, 4.69) is 4.12 Å². The molecular weight excluding hydrogens is 191 g/mol. The summed E-state index contributed by atoms with van der Waals surface area (Å²) < 4.78 is 3.12. The quantitative estimate of drug-likeness (QED) is 0.277. The summed E-state index contributed by atoms with van der Waals surface area (Å²) in [6, 6.07) is 0. The van der Waals surface area contributed by atoms with Gasteiger partial charge in [0.25, 0.3) is 0 Å². The molecule has 0 saturated carbocycles. The fourth-order valence-corrected chi connectivity index (χ4v) is 1.61. The minimum absolute atomic E-state index is 0. The average molecular weight is 196 g/mol. The van der Waals surface area contributed by atoms with Gasteiger partial charge in [-0.1, -0.05) is 0 Å². The van der Waals surface area contributed by atoms with Gasteiger partial charge in [-0.25, -0.2) is 0 Å². The second-order valence-corrected chi connectivity index (χ2v) is 4.29. The summed E-state index contributed by atoms with van der Waals surface area (Å²) in [4.78, 5) is 49.0. The maximum Gasteiger partial charge on any atom is 1.00 e. The molecule has 7 nitrogen and oxygen atoms in total. The van der Waals surface area contributed by atoms with E-state index < -0.39 is 18.1 Å². The Morgan fingerprint density at radius 3 is 1.30 bits per heavy atom. The molecule has 0 aliphatic rings. The van der Waals surface area contributed by atoms with E-state index in [9.17, 15) is 4.80 Å². The van der Waals surface area contributed by atoms with Gasteiger partial charge in [-0.3, -0.25) is 0 Å². The second kappa shape index (κ2) is 4.25. The van der Waals surface area contributed by atoms with E-state index in [1.807, 2.05) is 0 Å². The van der Waals surface area contributed by atoms with Crippen LogP contribution in [-0.2, 0) is 4.12 Å². The van der Waals surface area contributed by atoms with Crippen molar-refractivity contribution in [2.75, 3.05) is 0 Å². The molecule has 10 heavy (non-hydrogen) atoms. The van der Waals surface area contributed by atoms with Crippen LogP contribution in [0.15, 0.2) is 0 Å². The van der Waals surface area contributed by atoms with E-state index in [1.165, 1.54) is 0 Å². The maximum atomic E-state index is 9.70. The first-order chi connectivity index (χ1) is 3.71. The van der Waals surface area contributed by atoms with Gasteiger partial charge < -0.3 is 32.9 Å². The van der Waals surface area contributed by atoms with E-state index in [0.717, 1.165) is 0 Å². The van der Waals surface area contributed by atoms with E-state index in [1.54, 1.807) is 0 Å². The largest absolute Gasteiger partial charge is 1.00 e. The predicted molar refractivity (Wildman–Crippen MR) is 23.7 cm³/mol. The molecule has 0 bridgehead atoms. The number of hydrogen-bond acceptors (Lipinski definition) is 7. The van der Waals surface area contributed by atoms with Gasteiger partial charge in [-0.05, 0) is 0 Å². The molecule has 0 aromatic rings. The van der Waals surface area contributed by atoms with Crippen molar-refractivity contribution in [1.29, 1.82) is 0 Å². The van der Waals surface area contributed by atoms with Crippen LogP contribution in [-0.4, -0.2) is 42.1 Å². The van der Waals surface area contributed by atoms with Crippen LogP contribution in [0.5, 0.6) is 0 Å². The molecule has 0 unspecified atom stereocenters. The van der Waals surface area contributed by atoms with Crippen LogP contribution in [0.2, 0.25) is 0 Å². The molecule has 0 saturated heterocycles. The van der Waals surface area contributed by atoms with Gasteiger partial charge in [0.1, 0.15) is 0 Å². The minimum atomic E-state index is -5.23. The third kappa shape index (κ3) is 11.9. The molecule has 10 heteroatoms.